The van der Waals surface area contributed by atoms with E-state index in [1.165, 1.54) is 0 Å². The van der Waals surface area contributed by atoms with Gasteiger partial charge in [0, 0.05) is 11.3 Å². The molecule has 2 N–H and O–H groups in total. The standard InChI is InChI=1S/C20H24ClNO4/c1-3-4-13-25-17-9-5-15(6-10-17)20(24)22-16-7-11-18(12-8-16)26-19(21)14(2)23/h5-12,14,19,23H,3-4,13H2,1-2H3,(H,22,24). The van der Waals surface area contributed by atoms with Crippen LogP contribution in [0.1, 0.15) is 37.0 Å². The van der Waals surface area contributed by atoms with Crippen molar-refractivity contribution < 1.29 is 19.4 Å². The van der Waals surface area contributed by atoms with Gasteiger partial charge in [-0.3, -0.25) is 4.79 Å². The highest BCUT2D eigenvalue weighted by atomic mass is 35.5. The van der Waals surface area contributed by atoms with Gasteiger partial charge in [-0.15, -0.1) is 0 Å². The Labute approximate surface area is 158 Å². The molecule has 2 atom stereocenters. The predicted octanol–water partition coefficient (Wildman–Crippen LogP) is 4.44. The number of amides is 1. The lowest BCUT2D eigenvalue weighted by Gasteiger charge is -2.15. The lowest BCUT2D eigenvalue weighted by Crippen LogP contribution is -2.22. The molecule has 6 heteroatoms. The van der Waals surface area contributed by atoms with Gasteiger partial charge in [0.15, 0.2) is 5.56 Å². The average molecular weight is 378 g/mol. The van der Waals surface area contributed by atoms with Gasteiger partial charge < -0.3 is 19.9 Å². The second kappa shape index (κ2) is 10.0. The third-order valence-electron chi connectivity index (χ3n) is 3.62. The summed E-state index contributed by atoms with van der Waals surface area (Å²) < 4.78 is 10.9. The Kier molecular flexibility index (Phi) is 7.75. The smallest absolute Gasteiger partial charge is 0.255 e. The summed E-state index contributed by atoms with van der Waals surface area (Å²) in [6.45, 7) is 4.33. The van der Waals surface area contributed by atoms with Gasteiger partial charge in [0.25, 0.3) is 5.91 Å². The molecule has 2 unspecified atom stereocenters. The number of aliphatic hydroxyl groups is 1. The van der Waals surface area contributed by atoms with Crippen molar-refractivity contribution in [3.8, 4) is 11.5 Å². The number of unbranched alkanes of at least 4 members (excludes halogenated alkanes) is 1. The van der Waals surface area contributed by atoms with Crippen molar-refractivity contribution in [1.29, 1.82) is 0 Å². The molecule has 2 rings (SSSR count). The molecule has 0 aromatic heterocycles. The summed E-state index contributed by atoms with van der Waals surface area (Å²) in [7, 11) is 0. The Morgan fingerprint density at radius 1 is 1.12 bits per heavy atom. The van der Waals surface area contributed by atoms with Crippen LogP contribution in [-0.4, -0.2) is 29.3 Å². The molecule has 0 saturated heterocycles. The number of halogens is 1. The zero-order valence-electron chi connectivity index (χ0n) is 14.9. The molecule has 5 nitrogen and oxygen atoms in total. The molecule has 0 saturated carbocycles. The van der Waals surface area contributed by atoms with Crippen molar-refractivity contribution >= 4 is 23.2 Å². The molecule has 26 heavy (non-hydrogen) atoms. The first-order chi connectivity index (χ1) is 12.5. The van der Waals surface area contributed by atoms with Crippen LogP contribution < -0.4 is 14.8 Å². The molecule has 0 aliphatic heterocycles. The van der Waals surface area contributed by atoms with Crippen LogP contribution >= 0.6 is 11.6 Å². The number of nitrogens with one attached hydrogen (secondary N) is 1. The van der Waals surface area contributed by atoms with Crippen LogP contribution in [0.5, 0.6) is 11.5 Å². The summed E-state index contributed by atoms with van der Waals surface area (Å²) in [4.78, 5) is 12.3. The fourth-order valence-electron chi connectivity index (χ4n) is 2.09. The molecule has 0 aliphatic rings. The molecule has 2 aromatic carbocycles. The molecule has 0 heterocycles. The minimum Gasteiger partial charge on any atom is -0.494 e. The van der Waals surface area contributed by atoms with Gasteiger partial charge in [-0.1, -0.05) is 24.9 Å². The molecule has 0 aliphatic carbocycles. The van der Waals surface area contributed by atoms with E-state index in [4.69, 9.17) is 21.1 Å². The van der Waals surface area contributed by atoms with Crippen LogP contribution in [0.4, 0.5) is 5.69 Å². The molecule has 0 bridgehead atoms. The number of carbonyl (C=O) groups is 1. The Hall–Kier alpha value is -2.24. The molecular weight excluding hydrogens is 354 g/mol. The number of benzene rings is 2. The normalized spacial score (nSPS) is 12.9. The predicted molar refractivity (Wildman–Crippen MR) is 103 cm³/mol. The van der Waals surface area contributed by atoms with Crippen LogP contribution in [0.25, 0.3) is 0 Å². The van der Waals surface area contributed by atoms with Crippen molar-refractivity contribution in [1.82, 2.24) is 0 Å². The van der Waals surface area contributed by atoms with Crippen molar-refractivity contribution in [2.45, 2.75) is 38.4 Å². The van der Waals surface area contributed by atoms with Crippen LogP contribution in [-0.2, 0) is 0 Å². The molecule has 2 aromatic rings. The van der Waals surface area contributed by atoms with Gasteiger partial charge in [0.1, 0.15) is 17.6 Å². The van der Waals surface area contributed by atoms with E-state index in [-0.39, 0.29) is 5.91 Å². The minimum absolute atomic E-state index is 0.210. The maximum atomic E-state index is 12.3. The van der Waals surface area contributed by atoms with Gasteiger partial charge in [0.2, 0.25) is 0 Å². The Morgan fingerprint density at radius 3 is 2.31 bits per heavy atom. The third-order valence-corrected chi connectivity index (χ3v) is 4.08. The zero-order chi connectivity index (χ0) is 18.9. The minimum atomic E-state index is -0.825. The van der Waals surface area contributed by atoms with E-state index in [0.717, 1.165) is 18.6 Å². The van der Waals surface area contributed by atoms with Crippen molar-refractivity contribution in [3.63, 3.8) is 0 Å². The number of carbonyl (C=O) groups excluding carboxylic acids is 1. The lowest BCUT2D eigenvalue weighted by molar-refractivity contribution is 0.0972. The van der Waals surface area contributed by atoms with Crippen molar-refractivity contribution in [2.75, 3.05) is 11.9 Å². The van der Waals surface area contributed by atoms with E-state index in [1.54, 1.807) is 55.5 Å². The third kappa shape index (κ3) is 6.24. The number of alkyl halides is 1. The number of anilines is 1. The van der Waals surface area contributed by atoms with Gasteiger partial charge in [-0.05, 0) is 61.9 Å². The summed E-state index contributed by atoms with van der Waals surface area (Å²) in [5.74, 6) is 1.06. The molecule has 0 radical (unpaired) electrons. The summed E-state index contributed by atoms with van der Waals surface area (Å²) in [6.07, 6.45) is 1.29. The van der Waals surface area contributed by atoms with Crippen molar-refractivity contribution in [3.05, 3.63) is 54.1 Å². The quantitative estimate of drug-likeness (QED) is 0.500. The summed E-state index contributed by atoms with van der Waals surface area (Å²) >= 11 is 5.85. The number of hydrogen-bond donors (Lipinski definition) is 2. The van der Waals surface area contributed by atoms with E-state index < -0.39 is 11.7 Å². The topological polar surface area (TPSA) is 67.8 Å². The highest BCUT2D eigenvalue weighted by molar-refractivity contribution is 6.20. The van der Waals surface area contributed by atoms with Crippen LogP contribution in [0.3, 0.4) is 0 Å². The summed E-state index contributed by atoms with van der Waals surface area (Å²) in [5.41, 5.74) is 0.352. The van der Waals surface area contributed by atoms with Gasteiger partial charge >= 0.3 is 0 Å². The lowest BCUT2D eigenvalue weighted by atomic mass is 10.2. The molecule has 0 spiro atoms. The first kappa shape index (κ1) is 20.1. The largest absolute Gasteiger partial charge is 0.494 e. The maximum absolute atomic E-state index is 12.3. The van der Waals surface area contributed by atoms with Crippen LogP contribution in [0.15, 0.2) is 48.5 Å². The van der Waals surface area contributed by atoms with Gasteiger partial charge in [-0.2, -0.15) is 0 Å². The van der Waals surface area contributed by atoms with E-state index in [0.29, 0.717) is 23.6 Å². The number of hydrogen-bond acceptors (Lipinski definition) is 4. The van der Waals surface area contributed by atoms with E-state index in [2.05, 4.69) is 12.2 Å². The number of ether oxygens (including phenoxy) is 2. The summed E-state index contributed by atoms with van der Waals surface area (Å²) in [5, 5.41) is 12.2. The number of aliphatic hydroxyl groups excluding tert-OH is 1. The molecule has 140 valence electrons. The Balaban J connectivity index is 1.90. The summed E-state index contributed by atoms with van der Waals surface area (Å²) in [6, 6.07) is 13.8. The van der Waals surface area contributed by atoms with E-state index >= 15 is 0 Å². The fraction of sp³-hybridized carbons (Fsp3) is 0.350. The first-order valence-corrected chi connectivity index (χ1v) is 9.06. The average Bonchev–Trinajstić information content (AvgIpc) is 2.64. The molecular formula is C20H24ClNO4. The van der Waals surface area contributed by atoms with Gasteiger partial charge in [-0.25, -0.2) is 0 Å². The van der Waals surface area contributed by atoms with Gasteiger partial charge in [0.05, 0.1) is 6.61 Å². The van der Waals surface area contributed by atoms with Crippen molar-refractivity contribution in [2.24, 2.45) is 0 Å². The van der Waals surface area contributed by atoms with E-state index in [9.17, 15) is 9.90 Å². The second-order valence-electron chi connectivity index (χ2n) is 5.91. The highest BCUT2D eigenvalue weighted by Crippen LogP contribution is 2.20. The monoisotopic (exact) mass is 377 g/mol. The fourth-order valence-corrected chi connectivity index (χ4v) is 2.19. The Morgan fingerprint density at radius 2 is 1.73 bits per heavy atom. The first-order valence-electron chi connectivity index (χ1n) is 8.62. The van der Waals surface area contributed by atoms with Crippen LogP contribution in [0, 0.1) is 0 Å². The van der Waals surface area contributed by atoms with Crippen LogP contribution in [0.2, 0.25) is 0 Å². The zero-order valence-corrected chi connectivity index (χ0v) is 15.7. The number of rotatable bonds is 9. The molecule has 0 fully saturated rings. The SMILES string of the molecule is CCCCOc1ccc(C(=O)Nc2ccc(OC(Cl)C(C)O)cc2)cc1. The maximum Gasteiger partial charge on any atom is 0.255 e. The van der Waals surface area contributed by atoms with E-state index in [1.807, 2.05) is 0 Å². The second-order valence-corrected chi connectivity index (χ2v) is 6.34. The highest BCUT2D eigenvalue weighted by Gasteiger charge is 2.13. The Bertz CT molecular complexity index is 686. The molecule has 1 amide bonds.